The number of hydrogen-bond donors (Lipinski definition) is 1. The van der Waals surface area contributed by atoms with Crippen LogP contribution in [0.4, 0.5) is 8.78 Å². The molecule has 92 valence electrons. The van der Waals surface area contributed by atoms with E-state index in [0.29, 0.717) is 18.7 Å². The maximum absolute atomic E-state index is 12.5. The number of halogens is 2. The second-order valence-corrected chi connectivity index (χ2v) is 3.48. The van der Waals surface area contributed by atoms with Gasteiger partial charge in [-0.2, -0.15) is 5.26 Å². The Morgan fingerprint density at radius 1 is 1.41 bits per heavy atom. The number of methoxy groups -OCH3 is 1. The molecule has 1 rings (SSSR count). The lowest BCUT2D eigenvalue weighted by Gasteiger charge is -2.12. The maximum Gasteiger partial charge on any atom is 0.263 e. The third-order valence-electron chi connectivity index (χ3n) is 2.28. The zero-order chi connectivity index (χ0) is 12.7. The fraction of sp³-hybridized carbons (Fsp3) is 0.417. The summed E-state index contributed by atoms with van der Waals surface area (Å²) in [5.41, 5.74) is 0.470. The smallest absolute Gasteiger partial charge is 0.263 e. The molecule has 1 unspecified atom stereocenters. The Bertz CT molecular complexity index is 390. The number of benzene rings is 1. The highest BCUT2D eigenvalue weighted by Gasteiger charge is 2.13. The van der Waals surface area contributed by atoms with Crippen molar-refractivity contribution in [3.8, 4) is 6.07 Å². The van der Waals surface area contributed by atoms with Crippen LogP contribution < -0.4 is 5.32 Å². The lowest BCUT2D eigenvalue weighted by atomic mass is 10.1. The largest absolute Gasteiger partial charge is 0.383 e. The van der Waals surface area contributed by atoms with Crippen molar-refractivity contribution in [1.82, 2.24) is 5.32 Å². The second-order valence-electron chi connectivity index (χ2n) is 3.48. The summed E-state index contributed by atoms with van der Waals surface area (Å²) in [4.78, 5) is 0. The summed E-state index contributed by atoms with van der Waals surface area (Å²) in [5, 5.41) is 11.9. The zero-order valence-corrected chi connectivity index (χ0v) is 9.49. The molecular formula is C12H14F2N2O. The zero-order valence-electron chi connectivity index (χ0n) is 9.49. The van der Waals surface area contributed by atoms with E-state index in [4.69, 9.17) is 10.00 Å². The van der Waals surface area contributed by atoms with E-state index >= 15 is 0 Å². The second kappa shape index (κ2) is 6.94. The maximum atomic E-state index is 12.5. The molecule has 0 aliphatic carbocycles. The fourth-order valence-electron chi connectivity index (χ4n) is 1.42. The number of rotatable bonds is 6. The number of nitrogens with zero attached hydrogens (tertiary/aromatic N) is 1. The van der Waals surface area contributed by atoms with Gasteiger partial charge in [0.2, 0.25) is 0 Å². The van der Waals surface area contributed by atoms with Gasteiger partial charge in [0, 0.05) is 19.2 Å². The molecule has 0 amide bonds. The van der Waals surface area contributed by atoms with Crippen LogP contribution >= 0.6 is 0 Å². The van der Waals surface area contributed by atoms with Crippen molar-refractivity contribution in [2.24, 2.45) is 0 Å². The molecule has 0 bridgehead atoms. The number of nitrogens with one attached hydrogen (secondary N) is 1. The van der Waals surface area contributed by atoms with Crippen molar-refractivity contribution >= 4 is 0 Å². The van der Waals surface area contributed by atoms with Crippen LogP contribution in [0, 0.1) is 11.3 Å². The van der Waals surface area contributed by atoms with Gasteiger partial charge in [-0.1, -0.05) is 18.2 Å². The molecule has 0 saturated heterocycles. The van der Waals surface area contributed by atoms with Gasteiger partial charge in [-0.3, -0.25) is 5.32 Å². The van der Waals surface area contributed by atoms with Crippen LogP contribution in [0.2, 0.25) is 0 Å². The van der Waals surface area contributed by atoms with E-state index in [1.54, 1.807) is 13.2 Å². The van der Waals surface area contributed by atoms with Gasteiger partial charge in [0.05, 0.1) is 12.7 Å². The van der Waals surface area contributed by atoms with Crippen LogP contribution in [0.1, 0.15) is 23.6 Å². The van der Waals surface area contributed by atoms with Crippen LogP contribution in [-0.2, 0) is 4.74 Å². The van der Waals surface area contributed by atoms with Crippen molar-refractivity contribution in [1.29, 1.82) is 5.26 Å². The lowest BCUT2D eigenvalue weighted by Crippen LogP contribution is -2.24. The van der Waals surface area contributed by atoms with Crippen LogP contribution in [-0.4, -0.2) is 20.3 Å². The summed E-state index contributed by atoms with van der Waals surface area (Å²) in [6.45, 7) is 0.959. The van der Waals surface area contributed by atoms with Crippen molar-refractivity contribution < 1.29 is 13.5 Å². The Kier molecular flexibility index (Phi) is 5.53. The monoisotopic (exact) mass is 240 g/mol. The topological polar surface area (TPSA) is 45.0 Å². The molecule has 1 aromatic carbocycles. The molecule has 0 fully saturated rings. The first-order valence-corrected chi connectivity index (χ1v) is 5.19. The molecule has 0 aromatic heterocycles. The van der Waals surface area contributed by atoms with Gasteiger partial charge in [0.1, 0.15) is 6.04 Å². The number of nitriles is 1. The highest BCUT2D eigenvalue weighted by Crippen LogP contribution is 2.22. The Labute approximate surface area is 99.0 Å². The first-order chi connectivity index (χ1) is 8.19. The number of hydrogen-bond acceptors (Lipinski definition) is 3. The molecule has 0 aliphatic rings. The van der Waals surface area contributed by atoms with Gasteiger partial charge in [0.15, 0.2) is 0 Å². The molecule has 0 heterocycles. The van der Waals surface area contributed by atoms with E-state index < -0.39 is 12.5 Å². The minimum Gasteiger partial charge on any atom is -0.383 e. The molecule has 0 saturated carbocycles. The van der Waals surface area contributed by atoms with Crippen molar-refractivity contribution in [2.45, 2.75) is 12.5 Å². The van der Waals surface area contributed by atoms with Gasteiger partial charge in [-0.15, -0.1) is 0 Å². The summed E-state index contributed by atoms with van der Waals surface area (Å²) in [7, 11) is 1.56. The van der Waals surface area contributed by atoms with E-state index in [1.807, 2.05) is 6.07 Å². The normalized spacial score (nSPS) is 12.4. The van der Waals surface area contributed by atoms with Crippen molar-refractivity contribution in [2.75, 3.05) is 20.3 Å². The van der Waals surface area contributed by atoms with Gasteiger partial charge in [0.25, 0.3) is 6.43 Å². The SMILES string of the molecule is COCCNC(C#N)c1cccc(C(F)F)c1. The number of alkyl halides is 2. The highest BCUT2D eigenvalue weighted by atomic mass is 19.3. The summed E-state index contributed by atoms with van der Waals surface area (Å²) in [5.74, 6) is 0. The predicted molar refractivity (Wildman–Crippen MR) is 59.6 cm³/mol. The molecular weight excluding hydrogens is 226 g/mol. The quantitative estimate of drug-likeness (QED) is 0.777. The third-order valence-corrected chi connectivity index (χ3v) is 2.28. The standard InChI is InChI=1S/C12H14F2N2O/c1-17-6-5-16-11(8-15)9-3-2-4-10(7-9)12(13)14/h2-4,7,11-12,16H,5-6H2,1H3. The molecule has 1 atom stereocenters. The van der Waals surface area contributed by atoms with Crippen LogP contribution in [0.15, 0.2) is 24.3 Å². The van der Waals surface area contributed by atoms with Crippen LogP contribution in [0.25, 0.3) is 0 Å². The van der Waals surface area contributed by atoms with Crippen molar-refractivity contribution in [3.05, 3.63) is 35.4 Å². The number of ether oxygens (including phenoxy) is 1. The van der Waals surface area contributed by atoms with Crippen molar-refractivity contribution in [3.63, 3.8) is 0 Å². The molecule has 0 radical (unpaired) electrons. The Balaban J connectivity index is 2.74. The highest BCUT2D eigenvalue weighted by molar-refractivity contribution is 5.29. The van der Waals surface area contributed by atoms with Crippen LogP contribution in [0.3, 0.4) is 0 Å². The first kappa shape index (κ1) is 13.6. The molecule has 1 aromatic rings. The summed E-state index contributed by atoms with van der Waals surface area (Å²) in [6, 6.07) is 7.31. The van der Waals surface area contributed by atoms with Gasteiger partial charge in [-0.25, -0.2) is 8.78 Å². The lowest BCUT2D eigenvalue weighted by molar-refractivity contribution is 0.151. The Morgan fingerprint density at radius 3 is 2.71 bits per heavy atom. The molecule has 0 aliphatic heterocycles. The predicted octanol–water partition coefficient (Wildman–Crippen LogP) is 2.42. The minimum absolute atomic E-state index is 0.0729. The van der Waals surface area contributed by atoms with Crippen LogP contribution in [0.5, 0.6) is 0 Å². The molecule has 0 spiro atoms. The van der Waals surface area contributed by atoms with E-state index in [1.165, 1.54) is 18.2 Å². The Hall–Kier alpha value is -1.51. The summed E-state index contributed by atoms with van der Waals surface area (Å²) >= 11 is 0. The molecule has 1 N–H and O–H groups in total. The van der Waals surface area contributed by atoms with Gasteiger partial charge >= 0.3 is 0 Å². The summed E-state index contributed by atoms with van der Waals surface area (Å²) < 4.78 is 29.8. The third kappa shape index (κ3) is 4.10. The van der Waals surface area contributed by atoms with Gasteiger partial charge < -0.3 is 4.74 Å². The fourth-order valence-corrected chi connectivity index (χ4v) is 1.42. The van der Waals surface area contributed by atoms with E-state index in [9.17, 15) is 8.78 Å². The average molecular weight is 240 g/mol. The molecule has 17 heavy (non-hydrogen) atoms. The van der Waals surface area contributed by atoms with E-state index in [-0.39, 0.29) is 5.56 Å². The van der Waals surface area contributed by atoms with E-state index in [2.05, 4.69) is 5.32 Å². The Morgan fingerprint density at radius 2 is 2.12 bits per heavy atom. The van der Waals surface area contributed by atoms with E-state index in [0.717, 1.165) is 0 Å². The molecule has 5 heteroatoms. The first-order valence-electron chi connectivity index (χ1n) is 5.19. The van der Waals surface area contributed by atoms with Gasteiger partial charge in [-0.05, 0) is 11.6 Å². The summed E-state index contributed by atoms with van der Waals surface area (Å²) in [6.07, 6.45) is -2.52. The molecule has 3 nitrogen and oxygen atoms in total. The average Bonchev–Trinajstić information content (AvgIpc) is 2.35. The minimum atomic E-state index is -2.52.